The van der Waals surface area contributed by atoms with Gasteiger partial charge >= 0.3 is 6.03 Å². The van der Waals surface area contributed by atoms with Gasteiger partial charge in [0.1, 0.15) is 13.1 Å². The van der Waals surface area contributed by atoms with Crippen LogP contribution in [-0.2, 0) is 18.3 Å². The van der Waals surface area contributed by atoms with Crippen LogP contribution in [0.3, 0.4) is 0 Å². The Morgan fingerprint density at radius 3 is 2.65 bits per heavy atom. The average molecular weight is 357 g/mol. The number of aromatic nitrogens is 1. The first-order valence-corrected chi connectivity index (χ1v) is 9.35. The van der Waals surface area contributed by atoms with E-state index in [0.29, 0.717) is 6.54 Å². The van der Waals surface area contributed by atoms with Gasteiger partial charge in [0.15, 0.2) is 0 Å². The molecule has 1 aromatic heterocycles. The summed E-state index contributed by atoms with van der Waals surface area (Å²) < 4.78 is 7.48. The number of carbonyl (C=O) groups is 1. The Morgan fingerprint density at radius 1 is 1.19 bits per heavy atom. The highest BCUT2D eigenvalue weighted by Gasteiger charge is 2.18. The van der Waals surface area contributed by atoms with Crippen molar-refractivity contribution >= 4 is 11.7 Å². The number of anilines is 1. The molecule has 2 heterocycles. The molecule has 0 atom stereocenters. The summed E-state index contributed by atoms with van der Waals surface area (Å²) in [5, 5.41) is 3.01. The van der Waals surface area contributed by atoms with E-state index in [1.54, 1.807) is 4.90 Å². The van der Waals surface area contributed by atoms with Crippen LogP contribution in [0.1, 0.15) is 12.1 Å². The Bertz CT molecular complexity index is 680. The van der Waals surface area contributed by atoms with Gasteiger partial charge in [-0.2, -0.15) is 0 Å². The maximum absolute atomic E-state index is 12.8. The molecule has 140 valence electrons. The van der Waals surface area contributed by atoms with E-state index in [9.17, 15) is 4.79 Å². The summed E-state index contributed by atoms with van der Waals surface area (Å²) in [7, 11) is 2.01. The summed E-state index contributed by atoms with van der Waals surface area (Å²) in [6, 6.07) is 13.7. The number of nitrogens with zero attached hydrogens (tertiary/aromatic N) is 2. The van der Waals surface area contributed by atoms with Gasteiger partial charge < -0.3 is 24.4 Å². The van der Waals surface area contributed by atoms with Gasteiger partial charge in [0, 0.05) is 37.6 Å². The van der Waals surface area contributed by atoms with Crippen molar-refractivity contribution in [3.8, 4) is 0 Å². The lowest BCUT2D eigenvalue weighted by molar-refractivity contribution is -0.908. The molecule has 3 rings (SSSR count). The minimum atomic E-state index is -0.0469. The lowest BCUT2D eigenvalue weighted by atomic mass is 10.3. The fourth-order valence-electron chi connectivity index (χ4n) is 3.26. The molecule has 1 fully saturated rings. The molecule has 0 radical (unpaired) electrons. The lowest BCUT2D eigenvalue weighted by Gasteiger charge is -2.26. The number of hydrogen-bond acceptors (Lipinski definition) is 2. The van der Waals surface area contributed by atoms with Gasteiger partial charge in [0.2, 0.25) is 0 Å². The number of amides is 2. The van der Waals surface area contributed by atoms with Crippen LogP contribution in [0, 0.1) is 0 Å². The van der Waals surface area contributed by atoms with Gasteiger partial charge in [0.05, 0.1) is 26.3 Å². The zero-order valence-corrected chi connectivity index (χ0v) is 15.5. The smallest absolute Gasteiger partial charge is 0.322 e. The van der Waals surface area contributed by atoms with Crippen molar-refractivity contribution in [1.82, 2.24) is 9.47 Å². The molecular weight excluding hydrogens is 328 g/mol. The highest BCUT2D eigenvalue weighted by molar-refractivity contribution is 5.89. The van der Waals surface area contributed by atoms with Crippen molar-refractivity contribution in [2.75, 3.05) is 44.7 Å². The molecule has 2 amide bonds. The summed E-state index contributed by atoms with van der Waals surface area (Å²) in [5.41, 5.74) is 1.96. The van der Waals surface area contributed by atoms with E-state index in [0.717, 1.165) is 57.2 Å². The van der Waals surface area contributed by atoms with Gasteiger partial charge in [0.25, 0.3) is 0 Å². The highest BCUT2D eigenvalue weighted by atomic mass is 16.5. The number of para-hydroxylation sites is 1. The number of quaternary nitrogens is 1. The van der Waals surface area contributed by atoms with Crippen molar-refractivity contribution in [2.24, 2.45) is 7.05 Å². The number of nitrogens with one attached hydrogen (secondary N) is 2. The predicted molar refractivity (Wildman–Crippen MR) is 102 cm³/mol. The van der Waals surface area contributed by atoms with Gasteiger partial charge in [-0.25, -0.2) is 4.79 Å². The molecule has 26 heavy (non-hydrogen) atoms. The van der Waals surface area contributed by atoms with Crippen molar-refractivity contribution in [2.45, 2.75) is 13.0 Å². The molecule has 1 aliphatic heterocycles. The Morgan fingerprint density at radius 2 is 1.96 bits per heavy atom. The van der Waals surface area contributed by atoms with Gasteiger partial charge in [-0.15, -0.1) is 0 Å². The third-order valence-corrected chi connectivity index (χ3v) is 4.87. The third kappa shape index (κ3) is 5.34. The Kier molecular flexibility index (Phi) is 6.68. The molecule has 0 bridgehead atoms. The molecule has 0 unspecified atom stereocenters. The van der Waals surface area contributed by atoms with Crippen LogP contribution in [0.5, 0.6) is 0 Å². The number of rotatable bonds is 7. The van der Waals surface area contributed by atoms with Crippen LogP contribution >= 0.6 is 0 Å². The second-order valence-corrected chi connectivity index (χ2v) is 6.79. The van der Waals surface area contributed by atoms with Gasteiger partial charge in [-0.3, -0.25) is 0 Å². The molecule has 0 saturated carbocycles. The number of benzene rings is 1. The van der Waals surface area contributed by atoms with E-state index in [-0.39, 0.29) is 6.03 Å². The Balaban J connectivity index is 1.58. The molecule has 6 nitrogen and oxygen atoms in total. The molecule has 0 spiro atoms. The van der Waals surface area contributed by atoms with Crippen LogP contribution in [-0.4, -0.2) is 54.9 Å². The zero-order valence-electron chi connectivity index (χ0n) is 15.5. The quantitative estimate of drug-likeness (QED) is 0.786. The second-order valence-electron chi connectivity index (χ2n) is 6.79. The molecule has 2 N–H and O–H groups in total. The Labute approximate surface area is 155 Å². The summed E-state index contributed by atoms with van der Waals surface area (Å²) in [5.74, 6) is 0. The van der Waals surface area contributed by atoms with Crippen LogP contribution in [0.15, 0.2) is 48.7 Å². The zero-order chi connectivity index (χ0) is 18.2. The van der Waals surface area contributed by atoms with E-state index in [1.807, 2.05) is 54.5 Å². The van der Waals surface area contributed by atoms with Crippen LogP contribution in [0.2, 0.25) is 0 Å². The fraction of sp³-hybridized carbons (Fsp3) is 0.450. The topological polar surface area (TPSA) is 50.9 Å². The van der Waals surface area contributed by atoms with E-state index >= 15 is 0 Å². The second kappa shape index (κ2) is 9.40. The minimum absolute atomic E-state index is 0.0469. The first-order valence-electron chi connectivity index (χ1n) is 9.35. The summed E-state index contributed by atoms with van der Waals surface area (Å²) in [6.07, 6.45) is 3.00. The van der Waals surface area contributed by atoms with Crippen LogP contribution in [0.25, 0.3) is 0 Å². The number of hydrogen-bond donors (Lipinski definition) is 2. The number of aryl methyl sites for hydroxylation is 1. The SMILES string of the molecule is Cn1cccc1CN(CCC[NH+]1CCOCC1)C(=O)Nc1ccccc1. The molecule has 1 aliphatic rings. The number of carbonyl (C=O) groups excluding carboxylic acids is 1. The monoisotopic (exact) mass is 357 g/mol. The van der Waals surface area contributed by atoms with Gasteiger partial charge in [-0.05, 0) is 24.3 Å². The summed E-state index contributed by atoms with van der Waals surface area (Å²) in [4.78, 5) is 16.3. The highest BCUT2D eigenvalue weighted by Crippen LogP contribution is 2.10. The maximum Gasteiger partial charge on any atom is 0.322 e. The van der Waals surface area contributed by atoms with E-state index in [1.165, 1.54) is 0 Å². The van der Waals surface area contributed by atoms with E-state index in [2.05, 4.69) is 16.0 Å². The summed E-state index contributed by atoms with van der Waals surface area (Å²) in [6.45, 7) is 6.25. The van der Waals surface area contributed by atoms with Crippen molar-refractivity contribution < 1.29 is 14.4 Å². The predicted octanol–water partition coefficient (Wildman–Crippen LogP) is 1.36. The van der Waals surface area contributed by atoms with E-state index < -0.39 is 0 Å². The minimum Gasteiger partial charge on any atom is -0.370 e. The standard InChI is InChI=1S/C20H28N4O2/c1-22-10-5-9-19(22)17-24(12-6-11-23-13-15-26-16-14-23)20(25)21-18-7-3-2-4-8-18/h2-5,7-10H,6,11-17H2,1H3,(H,21,25)/p+1. The van der Waals surface area contributed by atoms with Crippen molar-refractivity contribution in [3.63, 3.8) is 0 Å². The van der Waals surface area contributed by atoms with E-state index in [4.69, 9.17) is 4.74 Å². The van der Waals surface area contributed by atoms with Crippen molar-refractivity contribution in [1.29, 1.82) is 0 Å². The normalized spacial score (nSPS) is 15.0. The molecule has 2 aromatic rings. The van der Waals surface area contributed by atoms with Crippen LogP contribution in [0.4, 0.5) is 10.5 Å². The molecule has 6 heteroatoms. The fourth-order valence-corrected chi connectivity index (χ4v) is 3.26. The first-order chi connectivity index (χ1) is 12.7. The number of urea groups is 1. The number of morpholine rings is 1. The van der Waals surface area contributed by atoms with Crippen LogP contribution < -0.4 is 10.2 Å². The van der Waals surface area contributed by atoms with Gasteiger partial charge in [-0.1, -0.05) is 18.2 Å². The molecule has 0 aliphatic carbocycles. The summed E-state index contributed by atoms with van der Waals surface area (Å²) >= 11 is 0. The molecular formula is C20H29N4O2+. The molecule has 1 aromatic carbocycles. The largest absolute Gasteiger partial charge is 0.370 e. The number of ether oxygens (including phenoxy) is 1. The maximum atomic E-state index is 12.8. The molecule has 1 saturated heterocycles. The van der Waals surface area contributed by atoms with Crippen molar-refractivity contribution in [3.05, 3.63) is 54.4 Å². The Hall–Kier alpha value is -2.31. The third-order valence-electron chi connectivity index (χ3n) is 4.87. The first kappa shape index (κ1) is 18.5. The average Bonchev–Trinajstić information content (AvgIpc) is 3.07. The lowest BCUT2D eigenvalue weighted by Crippen LogP contribution is -3.14.